The molecule has 0 radical (unpaired) electrons. The predicted molar refractivity (Wildman–Crippen MR) is 69.2 cm³/mol. The summed E-state index contributed by atoms with van der Waals surface area (Å²) in [5, 5.41) is 1.77. The molecule has 0 bridgehead atoms. The normalized spacial score (nSPS) is 14.7. The number of carbonyl (C=O) groups is 1. The summed E-state index contributed by atoms with van der Waals surface area (Å²) >= 11 is 0. The summed E-state index contributed by atoms with van der Waals surface area (Å²) in [6, 6.07) is 0. The van der Waals surface area contributed by atoms with E-state index in [-0.39, 0.29) is 0 Å². The van der Waals surface area contributed by atoms with E-state index in [1.165, 1.54) is 6.33 Å². The van der Waals surface area contributed by atoms with Crippen LogP contribution < -0.4 is 16.5 Å². The Hall–Kier alpha value is -2.90. The third-order valence-corrected chi connectivity index (χ3v) is 2.78. The van der Waals surface area contributed by atoms with Crippen molar-refractivity contribution in [2.45, 2.75) is 0 Å². The molecule has 3 rings (SSSR count). The Morgan fingerprint density at radius 3 is 2.95 bits per heavy atom. The molecule has 8 heteroatoms. The minimum atomic E-state index is -0.487. The van der Waals surface area contributed by atoms with Gasteiger partial charge in [0.1, 0.15) is 12.7 Å². The number of anilines is 1. The number of rotatable bonds is 2. The third-order valence-electron chi connectivity index (χ3n) is 2.78. The highest BCUT2D eigenvalue weighted by molar-refractivity contribution is 5.95. The van der Waals surface area contributed by atoms with Gasteiger partial charge in [-0.1, -0.05) is 12.2 Å². The number of nitrogens with two attached hydrogens (primary N) is 2. The SMILES string of the molecule is NC(=O)C1=CN(n2cnc3c(N)ncnc32)CC=C1. The first kappa shape index (κ1) is 11.2. The van der Waals surface area contributed by atoms with Gasteiger partial charge in [0.2, 0.25) is 5.91 Å². The number of amides is 1. The molecular formula is C11H11N7O. The maximum Gasteiger partial charge on any atom is 0.250 e. The van der Waals surface area contributed by atoms with Crippen LogP contribution in [0.4, 0.5) is 5.82 Å². The maximum atomic E-state index is 11.2. The van der Waals surface area contributed by atoms with Crippen LogP contribution in [0.1, 0.15) is 0 Å². The number of carbonyl (C=O) groups excluding carboxylic acids is 1. The summed E-state index contributed by atoms with van der Waals surface area (Å²) < 4.78 is 1.69. The summed E-state index contributed by atoms with van der Waals surface area (Å²) in [5.41, 5.74) is 12.5. The van der Waals surface area contributed by atoms with Crippen LogP contribution >= 0.6 is 0 Å². The summed E-state index contributed by atoms with van der Waals surface area (Å²) in [4.78, 5) is 23.4. The van der Waals surface area contributed by atoms with Crippen molar-refractivity contribution in [3.8, 4) is 0 Å². The predicted octanol–water partition coefficient (Wildman–Crippen LogP) is -0.715. The van der Waals surface area contributed by atoms with Gasteiger partial charge < -0.3 is 11.5 Å². The molecule has 0 aromatic carbocycles. The molecule has 19 heavy (non-hydrogen) atoms. The fourth-order valence-corrected chi connectivity index (χ4v) is 1.87. The summed E-state index contributed by atoms with van der Waals surface area (Å²) in [7, 11) is 0. The number of imidazole rings is 1. The molecule has 0 spiro atoms. The standard InChI is InChI=1S/C11H11N7O/c12-9-8-11(15-5-14-9)18(6-16-8)17-3-1-2-7(4-17)10(13)19/h1-2,4-6H,3H2,(H2,13,19)(H2,12,14,15). The molecule has 4 N–H and O–H groups in total. The van der Waals surface area contributed by atoms with Crippen LogP contribution in [0.25, 0.3) is 11.2 Å². The Balaban J connectivity index is 2.08. The highest BCUT2D eigenvalue weighted by Crippen LogP contribution is 2.16. The van der Waals surface area contributed by atoms with Gasteiger partial charge >= 0.3 is 0 Å². The average molecular weight is 257 g/mol. The molecule has 2 aromatic heterocycles. The molecule has 1 aliphatic heterocycles. The molecule has 0 saturated heterocycles. The molecule has 0 unspecified atom stereocenters. The molecule has 0 atom stereocenters. The van der Waals surface area contributed by atoms with E-state index in [0.29, 0.717) is 29.1 Å². The van der Waals surface area contributed by atoms with E-state index in [2.05, 4.69) is 15.0 Å². The third kappa shape index (κ3) is 1.79. The molecule has 8 nitrogen and oxygen atoms in total. The highest BCUT2D eigenvalue weighted by atomic mass is 16.1. The van der Waals surface area contributed by atoms with E-state index in [0.717, 1.165) is 0 Å². The first-order valence-corrected chi connectivity index (χ1v) is 5.55. The van der Waals surface area contributed by atoms with E-state index in [4.69, 9.17) is 11.5 Å². The van der Waals surface area contributed by atoms with Gasteiger partial charge in [-0.3, -0.25) is 9.80 Å². The van der Waals surface area contributed by atoms with Gasteiger partial charge in [0, 0.05) is 6.20 Å². The number of nitrogen functional groups attached to an aromatic ring is 1. The number of nitrogens with zero attached hydrogens (tertiary/aromatic N) is 5. The van der Waals surface area contributed by atoms with Gasteiger partial charge in [-0.2, -0.15) is 0 Å². The van der Waals surface area contributed by atoms with Crippen LogP contribution in [0.15, 0.2) is 36.6 Å². The number of fused-ring (bicyclic) bond motifs is 1. The largest absolute Gasteiger partial charge is 0.382 e. The fraction of sp³-hybridized carbons (Fsp3) is 0.0909. The van der Waals surface area contributed by atoms with Gasteiger partial charge in [-0.25, -0.2) is 19.6 Å². The second-order valence-corrected chi connectivity index (χ2v) is 3.99. The Bertz CT molecular complexity index is 715. The van der Waals surface area contributed by atoms with Crippen molar-refractivity contribution in [3.63, 3.8) is 0 Å². The molecule has 3 heterocycles. The molecule has 0 aliphatic carbocycles. The molecule has 1 amide bonds. The number of primary amides is 1. The number of aromatic nitrogens is 4. The lowest BCUT2D eigenvalue weighted by atomic mass is 10.2. The van der Waals surface area contributed by atoms with E-state index in [1.807, 2.05) is 6.08 Å². The first-order chi connectivity index (χ1) is 9.16. The Labute approximate surface area is 108 Å². The van der Waals surface area contributed by atoms with E-state index in [1.54, 1.807) is 28.3 Å². The second-order valence-electron chi connectivity index (χ2n) is 3.99. The van der Waals surface area contributed by atoms with Gasteiger partial charge in [0.05, 0.1) is 12.1 Å². The number of hydrogen-bond acceptors (Lipinski definition) is 6. The van der Waals surface area contributed by atoms with E-state index >= 15 is 0 Å². The van der Waals surface area contributed by atoms with Crippen LogP contribution in [-0.4, -0.2) is 32.1 Å². The minimum Gasteiger partial charge on any atom is -0.382 e. The van der Waals surface area contributed by atoms with Crippen molar-refractivity contribution in [2.24, 2.45) is 5.73 Å². The van der Waals surface area contributed by atoms with Crippen LogP contribution in [0, 0.1) is 0 Å². The second kappa shape index (κ2) is 4.09. The van der Waals surface area contributed by atoms with Crippen molar-refractivity contribution < 1.29 is 4.79 Å². The zero-order valence-electron chi connectivity index (χ0n) is 9.89. The Morgan fingerprint density at radius 1 is 1.32 bits per heavy atom. The van der Waals surface area contributed by atoms with Crippen molar-refractivity contribution in [1.29, 1.82) is 0 Å². The molecule has 1 aliphatic rings. The van der Waals surface area contributed by atoms with Crippen LogP contribution in [0.3, 0.4) is 0 Å². The van der Waals surface area contributed by atoms with Gasteiger partial charge in [0.25, 0.3) is 0 Å². The van der Waals surface area contributed by atoms with Crippen molar-refractivity contribution in [3.05, 3.63) is 36.6 Å². The van der Waals surface area contributed by atoms with Crippen molar-refractivity contribution >= 4 is 22.9 Å². The van der Waals surface area contributed by atoms with Gasteiger partial charge in [-0.05, 0) is 0 Å². The quantitative estimate of drug-likeness (QED) is 0.733. The maximum absolute atomic E-state index is 11.2. The van der Waals surface area contributed by atoms with Crippen LogP contribution in [0.2, 0.25) is 0 Å². The monoisotopic (exact) mass is 257 g/mol. The van der Waals surface area contributed by atoms with Crippen molar-refractivity contribution in [1.82, 2.24) is 19.6 Å². The molecular weight excluding hydrogens is 246 g/mol. The lowest BCUT2D eigenvalue weighted by molar-refractivity contribution is -0.114. The highest BCUT2D eigenvalue weighted by Gasteiger charge is 2.15. The van der Waals surface area contributed by atoms with Crippen molar-refractivity contribution in [2.75, 3.05) is 17.3 Å². The minimum absolute atomic E-state index is 0.315. The summed E-state index contributed by atoms with van der Waals surface area (Å²) in [5.74, 6) is -0.171. The van der Waals surface area contributed by atoms with E-state index in [9.17, 15) is 4.79 Å². The Morgan fingerprint density at radius 2 is 2.16 bits per heavy atom. The lowest BCUT2D eigenvalue weighted by Crippen LogP contribution is -2.32. The van der Waals surface area contributed by atoms with Gasteiger partial charge in [0.15, 0.2) is 17.0 Å². The lowest BCUT2D eigenvalue weighted by Gasteiger charge is -2.23. The summed E-state index contributed by atoms with van der Waals surface area (Å²) in [6.45, 7) is 0.576. The zero-order chi connectivity index (χ0) is 13.4. The number of hydrogen-bond donors (Lipinski definition) is 2. The first-order valence-electron chi connectivity index (χ1n) is 5.55. The molecule has 0 saturated carbocycles. The zero-order valence-corrected chi connectivity index (χ0v) is 9.89. The summed E-state index contributed by atoms with van der Waals surface area (Å²) in [6.07, 6.45) is 8.10. The van der Waals surface area contributed by atoms with Crippen LogP contribution in [0.5, 0.6) is 0 Å². The Kier molecular flexibility index (Phi) is 2.41. The fourth-order valence-electron chi connectivity index (χ4n) is 1.87. The van der Waals surface area contributed by atoms with Crippen LogP contribution in [-0.2, 0) is 4.79 Å². The molecule has 2 aromatic rings. The molecule has 96 valence electrons. The smallest absolute Gasteiger partial charge is 0.250 e. The van der Waals surface area contributed by atoms with Gasteiger partial charge in [-0.15, -0.1) is 0 Å². The average Bonchev–Trinajstić information content (AvgIpc) is 2.84. The topological polar surface area (TPSA) is 116 Å². The molecule has 0 fully saturated rings. The van der Waals surface area contributed by atoms with E-state index < -0.39 is 5.91 Å².